The lowest BCUT2D eigenvalue weighted by atomic mass is 10.4. The van der Waals surface area contributed by atoms with Crippen LogP contribution in [0.2, 0.25) is 0 Å². The lowest BCUT2D eigenvalue weighted by Crippen LogP contribution is -2.14. The van der Waals surface area contributed by atoms with E-state index in [1.807, 2.05) is 0 Å². The van der Waals surface area contributed by atoms with Crippen molar-refractivity contribution in [2.75, 3.05) is 7.11 Å². The highest BCUT2D eigenvalue weighted by Crippen LogP contribution is 2.54. The van der Waals surface area contributed by atoms with Crippen molar-refractivity contribution in [1.29, 1.82) is 0 Å². The summed E-state index contributed by atoms with van der Waals surface area (Å²) in [5, 5.41) is 0. The fraction of sp³-hybridized carbons (Fsp3) is 1.00. The molecule has 0 N–H and O–H groups in total. The Bertz CT molecular complexity index is 96.0. The van der Waals surface area contributed by atoms with Crippen molar-refractivity contribution >= 4 is 15.5 Å². The largest absolute Gasteiger partial charge is 0.456 e. The van der Waals surface area contributed by atoms with Crippen LogP contribution in [-0.4, -0.2) is 14.8 Å². The first-order valence-corrected chi connectivity index (χ1v) is 3.18. The summed E-state index contributed by atoms with van der Waals surface area (Å²) in [5.41, 5.74) is 0. The Balaban J connectivity index is 2.45. The van der Waals surface area contributed by atoms with E-state index in [4.69, 9.17) is 0 Å². The number of hydrogen-bond acceptors (Lipinski definition) is 4. The average Bonchev–Trinajstić information content (AvgIpc) is 1.61. The predicted molar refractivity (Wildman–Crippen MR) is 23.9 cm³/mol. The molecule has 40 valence electrons. The summed E-state index contributed by atoms with van der Waals surface area (Å²) in [5.74, 6) is 0. The van der Waals surface area contributed by atoms with Gasteiger partial charge in [0.15, 0.2) is 0 Å². The van der Waals surface area contributed by atoms with Gasteiger partial charge in [-0.2, -0.15) is 0 Å². The second-order valence-electron chi connectivity index (χ2n) is 1.01. The Hall–Kier alpha value is 0.175. The van der Waals surface area contributed by atoms with Crippen LogP contribution in [0.1, 0.15) is 0 Å². The number of phosphoric acid groups is 1. The van der Waals surface area contributed by atoms with Gasteiger partial charge in [-0.15, -0.1) is 0 Å². The lowest BCUT2D eigenvalue weighted by molar-refractivity contribution is 0.192. The second kappa shape index (κ2) is 1.60. The van der Waals surface area contributed by atoms with Crippen molar-refractivity contribution in [3.05, 3.63) is 0 Å². The molecule has 0 amide bonds. The van der Waals surface area contributed by atoms with Gasteiger partial charge in [-0.3, -0.25) is 4.52 Å². The molecule has 0 atom stereocenters. The Morgan fingerprint density at radius 1 is 1.71 bits per heavy atom. The van der Waals surface area contributed by atoms with Gasteiger partial charge in [-0.05, 0) is 0 Å². The van der Waals surface area contributed by atoms with Gasteiger partial charge in [0.2, 0.25) is 0 Å². The molecule has 7 heavy (non-hydrogen) atoms. The summed E-state index contributed by atoms with van der Waals surface area (Å²) >= 11 is 0. The third kappa shape index (κ3) is 0.862. The Morgan fingerprint density at radius 2 is 2.29 bits per heavy atom. The van der Waals surface area contributed by atoms with E-state index < -0.39 is 7.82 Å². The first-order valence-electron chi connectivity index (χ1n) is 1.72. The molecule has 6 heteroatoms. The van der Waals surface area contributed by atoms with Crippen molar-refractivity contribution in [3.63, 3.8) is 0 Å². The van der Waals surface area contributed by atoms with Gasteiger partial charge < -0.3 is 8.88 Å². The van der Waals surface area contributed by atoms with Gasteiger partial charge in [0, 0.05) is 7.11 Å². The Morgan fingerprint density at radius 3 is 2.29 bits per heavy atom. The van der Waals surface area contributed by atoms with Crippen LogP contribution in [0.4, 0.5) is 0 Å². The number of hydrogen-bond donors (Lipinski definition) is 0. The highest BCUT2D eigenvalue weighted by molar-refractivity contribution is 7.53. The molecule has 0 bridgehead atoms. The third-order valence-electron chi connectivity index (χ3n) is 0.645. The van der Waals surface area contributed by atoms with Crippen molar-refractivity contribution in [2.24, 2.45) is 0 Å². The quantitative estimate of drug-likeness (QED) is 0.364. The van der Waals surface area contributed by atoms with Crippen molar-refractivity contribution < 1.29 is 18.0 Å². The van der Waals surface area contributed by atoms with Crippen molar-refractivity contribution in [3.8, 4) is 0 Å². The maximum Gasteiger partial charge on any atom is 0.456 e. The van der Waals surface area contributed by atoms with E-state index in [9.17, 15) is 4.57 Å². The standard InChI is InChI=1S/CH4BO4P/c1-4-7(3)5-2-6-7/h2H,1H3. The van der Waals surface area contributed by atoms with E-state index in [2.05, 4.69) is 13.4 Å². The van der Waals surface area contributed by atoms with Gasteiger partial charge in [-0.1, -0.05) is 0 Å². The maximum atomic E-state index is 10.4. The molecule has 0 aromatic carbocycles. The van der Waals surface area contributed by atoms with Crippen LogP contribution in [0, 0.1) is 0 Å². The summed E-state index contributed by atoms with van der Waals surface area (Å²) in [4.78, 5) is 0. The minimum Gasteiger partial charge on any atom is -0.322 e. The van der Waals surface area contributed by atoms with E-state index in [0.717, 1.165) is 0 Å². The van der Waals surface area contributed by atoms with Crippen LogP contribution in [-0.2, 0) is 18.0 Å². The van der Waals surface area contributed by atoms with E-state index >= 15 is 0 Å². The molecular weight excluding hydrogens is 118 g/mol. The van der Waals surface area contributed by atoms with Gasteiger partial charge in [0.1, 0.15) is 0 Å². The molecule has 4 nitrogen and oxygen atoms in total. The van der Waals surface area contributed by atoms with Gasteiger partial charge >= 0.3 is 15.5 Å². The zero-order valence-electron chi connectivity index (χ0n) is 3.79. The molecule has 1 saturated heterocycles. The van der Waals surface area contributed by atoms with Crippen LogP contribution in [0.25, 0.3) is 0 Å². The maximum absolute atomic E-state index is 10.4. The smallest absolute Gasteiger partial charge is 0.322 e. The number of rotatable bonds is 1. The highest BCUT2D eigenvalue weighted by atomic mass is 31.2. The van der Waals surface area contributed by atoms with Crippen LogP contribution in [0.3, 0.4) is 0 Å². The summed E-state index contributed by atoms with van der Waals surface area (Å²) in [6.07, 6.45) is 0. The second-order valence-corrected chi connectivity index (χ2v) is 2.78. The van der Waals surface area contributed by atoms with Gasteiger partial charge in [0.05, 0.1) is 0 Å². The Labute approximate surface area is 41.7 Å². The summed E-state index contributed by atoms with van der Waals surface area (Å²) in [6, 6.07) is 0. The Kier molecular flexibility index (Phi) is 1.21. The average molecular weight is 122 g/mol. The van der Waals surface area contributed by atoms with Crippen LogP contribution in [0.5, 0.6) is 0 Å². The van der Waals surface area contributed by atoms with Crippen LogP contribution < -0.4 is 0 Å². The molecular formula is CH4BO4P. The molecule has 0 radical (unpaired) electrons. The lowest BCUT2D eigenvalue weighted by Gasteiger charge is -2.22. The van der Waals surface area contributed by atoms with Crippen LogP contribution >= 0.6 is 7.82 Å². The first kappa shape index (κ1) is 5.31. The minimum atomic E-state index is -2.97. The highest BCUT2D eigenvalue weighted by Gasteiger charge is 2.35. The topological polar surface area (TPSA) is 44.8 Å². The van der Waals surface area contributed by atoms with Gasteiger partial charge in [-0.25, -0.2) is 4.57 Å². The molecule has 1 rings (SSSR count). The predicted octanol–water partition coefficient (Wildman–Crippen LogP) is 0.0542. The van der Waals surface area contributed by atoms with E-state index in [1.54, 1.807) is 0 Å². The molecule has 0 spiro atoms. The zero-order chi connectivity index (χ0) is 5.33. The van der Waals surface area contributed by atoms with Crippen molar-refractivity contribution in [2.45, 2.75) is 0 Å². The fourth-order valence-electron chi connectivity index (χ4n) is 0.244. The fourth-order valence-corrected chi connectivity index (χ4v) is 0.733. The minimum absolute atomic E-state index is 0.0884. The van der Waals surface area contributed by atoms with Gasteiger partial charge in [0.25, 0.3) is 0 Å². The molecule has 0 unspecified atom stereocenters. The van der Waals surface area contributed by atoms with E-state index in [-0.39, 0.29) is 7.69 Å². The summed E-state index contributed by atoms with van der Waals surface area (Å²) in [6.45, 7) is 0. The third-order valence-corrected chi connectivity index (χ3v) is 1.94. The zero-order valence-corrected chi connectivity index (χ0v) is 4.68. The molecule has 0 aromatic heterocycles. The van der Waals surface area contributed by atoms with E-state index in [1.165, 1.54) is 7.11 Å². The summed E-state index contributed by atoms with van der Waals surface area (Å²) in [7, 11) is -1.61. The first-order chi connectivity index (χ1) is 3.27. The summed E-state index contributed by atoms with van der Waals surface area (Å²) < 4.78 is 23.4. The normalized spacial score (nSPS) is 25.3. The molecule has 0 aliphatic carbocycles. The molecule has 1 aliphatic heterocycles. The molecule has 1 fully saturated rings. The SMILES string of the molecule is COP1(=O)OBO1. The molecule has 1 aliphatic rings. The molecule has 1 heterocycles. The van der Waals surface area contributed by atoms with E-state index in [0.29, 0.717) is 0 Å². The van der Waals surface area contributed by atoms with Crippen molar-refractivity contribution in [1.82, 2.24) is 0 Å². The molecule has 0 saturated carbocycles. The molecule has 0 aromatic rings. The monoisotopic (exact) mass is 122 g/mol. The van der Waals surface area contributed by atoms with Crippen LogP contribution in [0.15, 0.2) is 0 Å².